The fourth-order valence-electron chi connectivity index (χ4n) is 4.67. The third-order valence-corrected chi connectivity index (χ3v) is 7.12. The summed E-state index contributed by atoms with van der Waals surface area (Å²) in [7, 11) is 0. The Labute approximate surface area is 214 Å². The van der Waals surface area contributed by atoms with Gasteiger partial charge in [0.15, 0.2) is 0 Å². The van der Waals surface area contributed by atoms with Crippen molar-refractivity contribution in [1.82, 2.24) is 20.3 Å². The van der Waals surface area contributed by atoms with Crippen molar-refractivity contribution in [3.63, 3.8) is 0 Å². The van der Waals surface area contributed by atoms with Crippen LogP contribution in [-0.4, -0.2) is 43.2 Å². The predicted molar refractivity (Wildman–Crippen MR) is 137 cm³/mol. The van der Waals surface area contributed by atoms with Crippen LogP contribution in [0.3, 0.4) is 0 Å². The lowest BCUT2D eigenvalue weighted by Gasteiger charge is -2.26. The van der Waals surface area contributed by atoms with Gasteiger partial charge in [0.1, 0.15) is 11.4 Å². The van der Waals surface area contributed by atoms with Crippen LogP contribution in [0.2, 0.25) is 5.02 Å². The van der Waals surface area contributed by atoms with Crippen LogP contribution in [0.4, 0.5) is 11.8 Å². The van der Waals surface area contributed by atoms with Crippen LogP contribution in [0.1, 0.15) is 58.4 Å². The SMILES string of the molecule is O=C(NC1CCC(O)CC1)c1cnc(N2Cc3cccnc3C2)nc1NCc1ccc(CO)c(Cl)c1. The molecule has 10 heteroatoms. The van der Waals surface area contributed by atoms with E-state index in [1.807, 2.05) is 23.1 Å². The van der Waals surface area contributed by atoms with Crippen LogP contribution < -0.4 is 15.5 Å². The van der Waals surface area contributed by atoms with Crippen LogP contribution >= 0.6 is 11.6 Å². The summed E-state index contributed by atoms with van der Waals surface area (Å²) < 4.78 is 0. The van der Waals surface area contributed by atoms with Crippen molar-refractivity contribution in [2.45, 2.75) is 64.1 Å². The zero-order valence-electron chi connectivity index (χ0n) is 19.8. The Morgan fingerprint density at radius 1 is 1.14 bits per heavy atom. The first-order valence-corrected chi connectivity index (χ1v) is 12.5. The van der Waals surface area contributed by atoms with Gasteiger partial charge >= 0.3 is 0 Å². The largest absolute Gasteiger partial charge is 0.393 e. The lowest BCUT2D eigenvalue weighted by Crippen LogP contribution is -2.39. The number of amides is 1. The van der Waals surface area contributed by atoms with Crippen LogP contribution in [0, 0.1) is 0 Å². The number of rotatable bonds is 7. The number of fused-ring (bicyclic) bond motifs is 1. The molecule has 0 radical (unpaired) electrons. The van der Waals surface area contributed by atoms with E-state index in [2.05, 4.69) is 20.6 Å². The summed E-state index contributed by atoms with van der Waals surface area (Å²) in [5.41, 5.74) is 4.04. The van der Waals surface area contributed by atoms with E-state index in [-0.39, 0.29) is 24.7 Å². The molecular weight excluding hydrogens is 480 g/mol. The smallest absolute Gasteiger partial charge is 0.256 e. The van der Waals surface area contributed by atoms with E-state index < -0.39 is 0 Å². The molecule has 1 aliphatic carbocycles. The minimum Gasteiger partial charge on any atom is -0.393 e. The van der Waals surface area contributed by atoms with Crippen LogP contribution in [-0.2, 0) is 26.2 Å². The van der Waals surface area contributed by atoms with Crippen LogP contribution in [0.15, 0.2) is 42.7 Å². The maximum atomic E-state index is 13.2. The fraction of sp³-hybridized carbons (Fsp3) is 0.385. The highest BCUT2D eigenvalue weighted by molar-refractivity contribution is 6.31. The third kappa shape index (κ3) is 5.43. The summed E-state index contributed by atoms with van der Waals surface area (Å²) in [5, 5.41) is 26.0. The Hall–Kier alpha value is -3.27. The van der Waals surface area contributed by atoms with Gasteiger partial charge in [0.2, 0.25) is 5.95 Å². The molecule has 0 atom stereocenters. The van der Waals surface area contributed by atoms with E-state index in [9.17, 15) is 15.0 Å². The molecule has 1 aliphatic heterocycles. The predicted octanol–water partition coefficient (Wildman–Crippen LogP) is 3.18. The minimum atomic E-state index is -0.291. The molecule has 1 aromatic carbocycles. The number of anilines is 2. The number of aromatic nitrogens is 3. The number of nitrogens with zero attached hydrogens (tertiary/aromatic N) is 4. The monoisotopic (exact) mass is 508 g/mol. The number of carbonyl (C=O) groups is 1. The zero-order chi connectivity index (χ0) is 25.1. The Morgan fingerprint density at radius 3 is 2.72 bits per heavy atom. The summed E-state index contributed by atoms with van der Waals surface area (Å²) in [4.78, 5) is 28.9. The molecule has 9 nitrogen and oxygen atoms in total. The van der Waals surface area contributed by atoms with Gasteiger partial charge in [-0.1, -0.05) is 29.8 Å². The molecule has 0 bridgehead atoms. The molecule has 4 N–H and O–H groups in total. The average molecular weight is 509 g/mol. The Kier molecular flexibility index (Phi) is 7.31. The molecule has 36 heavy (non-hydrogen) atoms. The molecule has 5 rings (SSSR count). The van der Waals surface area contributed by atoms with Gasteiger partial charge in [0.25, 0.3) is 5.91 Å². The Balaban J connectivity index is 1.37. The van der Waals surface area contributed by atoms with E-state index in [4.69, 9.17) is 16.6 Å². The van der Waals surface area contributed by atoms with Gasteiger partial charge in [-0.3, -0.25) is 9.78 Å². The zero-order valence-corrected chi connectivity index (χ0v) is 20.6. The minimum absolute atomic E-state index is 0.0115. The van der Waals surface area contributed by atoms with Crippen molar-refractivity contribution in [1.29, 1.82) is 0 Å². The van der Waals surface area contributed by atoms with Crippen LogP contribution in [0.5, 0.6) is 0 Å². The molecule has 1 fully saturated rings. The molecule has 3 aromatic rings. The summed E-state index contributed by atoms with van der Waals surface area (Å²) in [6, 6.07) is 9.42. The number of hydrogen-bond acceptors (Lipinski definition) is 8. The summed E-state index contributed by atoms with van der Waals surface area (Å²) >= 11 is 6.26. The normalized spacial score (nSPS) is 19.1. The Bertz CT molecular complexity index is 1220. The first kappa shape index (κ1) is 24.4. The van der Waals surface area contributed by atoms with Gasteiger partial charge in [-0.05, 0) is 54.5 Å². The lowest BCUT2D eigenvalue weighted by atomic mass is 9.93. The van der Waals surface area contributed by atoms with Gasteiger partial charge in [-0.15, -0.1) is 0 Å². The van der Waals surface area contributed by atoms with Crippen molar-refractivity contribution in [2.24, 2.45) is 0 Å². The van der Waals surface area contributed by atoms with Gasteiger partial charge in [-0.2, -0.15) is 4.98 Å². The van der Waals surface area contributed by atoms with Crippen molar-refractivity contribution >= 4 is 29.3 Å². The van der Waals surface area contributed by atoms with Gasteiger partial charge < -0.3 is 25.7 Å². The van der Waals surface area contributed by atoms with Crippen LogP contribution in [0.25, 0.3) is 0 Å². The highest BCUT2D eigenvalue weighted by Gasteiger charge is 2.26. The lowest BCUT2D eigenvalue weighted by molar-refractivity contribution is 0.0867. The van der Waals surface area contributed by atoms with Crippen molar-refractivity contribution in [3.05, 3.63) is 75.7 Å². The number of halogens is 1. The second-order valence-electron chi connectivity index (χ2n) is 9.31. The molecule has 2 aliphatic rings. The highest BCUT2D eigenvalue weighted by Crippen LogP contribution is 2.27. The van der Waals surface area contributed by atoms with Gasteiger partial charge in [0, 0.05) is 36.5 Å². The van der Waals surface area contributed by atoms with E-state index in [1.54, 1.807) is 24.5 Å². The number of carbonyl (C=O) groups excluding carboxylic acids is 1. The van der Waals surface area contributed by atoms with Crippen molar-refractivity contribution in [3.8, 4) is 0 Å². The second-order valence-corrected chi connectivity index (χ2v) is 9.72. The first-order valence-electron chi connectivity index (χ1n) is 12.2. The molecular formula is C26H29ClN6O3. The molecule has 0 saturated heterocycles. The van der Waals surface area contributed by atoms with E-state index in [1.165, 1.54) is 0 Å². The quantitative estimate of drug-likeness (QED) is 0.383. The number of nitrogens with one attached hydrogen (secondary N) is 2. The standard InChI is InChI=1S/C26H29ClN6O3/c27-22-10-16(3-4-18(22)15-34)11-29-24-21(25(36)31-19-5-7-20(35)8-6-19)12-30-26(32-24)33-13-17-2-1-9-28-23(17)14-33/h1-4,9-10,12,19-20,34-35H,5-8,11,13-15H2,(H,31,36)(H,29,30,32). The Morgan fingerprint density at radius 2 is 1.97 bits per heavy atom. The van der Waals surface area contributed by atoms with Gasteiger partial charge in [0.05, 0.1) is 24.9 Å². The third-order valence-electron chi connectivity index (χ3n) is 6.77. The van der Waals surface area contributed by atoms with E-state index >= 15 is 0 Å². The van der Waals surface area contributed by atoms with E-state index in [0.29, 0.717) is 60.4 Å². The van der Waals surface area contributed by atoms with Gasteiger partial charge in [-0.25, -0.2) is 4.98 Å². The first-order chi connectivity index (χ1) is 17.5. The molecule has 188 valence electrons. The molecule has 0 unspecified atom stereocenters. The molecule has 3 heterocycles. The summed E-state index contributed by atoms with van der Waals surface area (Å²) in [5.74, 6) is 0.701. The molecule has 1 saturated carbocycles. The summed E-state index contributed by atoms with van der Waals surface area (Å²) in [6.07, 6.45) is 5.89. The maximum Gasteiger partial charge on any atom is 0.256 e. The van der Waals surface area contributed by atoms with Crippen molar-refractivity contribution in [2.75, 3.05) is 10.2 Å². The second kappa shape index (κ2) is 10.8. The maximum absolute atomic E-state index is 13.2. The van der Waals surface area contributed by atoms with Crippen molar-refractivity contribution < 1.29 is 15.0 Å². The average Bonchev–Trinajstić information content (AvgIpc) is 3.33. The molecule has 0 spiro atoms. The summed E-state index contributed by atoms with van der Waals surface area (Å²) in [6.45, 7) is 1.51. The number of pyridine rings is 1. The highest BCUT2D eigenvalue weighted by atomic mass is 35.5. The fourth-order valence-corrected chi connectivity index (χ4v) is 4.93. The number of benzene rings is 1. The molecule has 2 aromatic heterocycles. The number of aliphatic hydroxyl groups is 2. The van der Waals surface area contributed by atoms with E-state index in [0.717, 1.165) is 29.7 Å². The molecule has 1 amide bonds. The topological polar surface area (TPSA) is 124 Å². The number of aliphatic hydroxyl groups excluding tert-OH is 2. The number of hydrogen-bond donors (Lipinski definition) is 4.